The van der Waals surface area contributed by atoms with Gasteiger partial charge < -0.3 is 4.42 Å². The van der Waals surface area contributed by atoms with Crippen LogP contribution in [0.15, 0.2) is 53.1 Å². The van der Waals surface area contributed by atoms with Gasteiger partial charge in [0.05, 0.1) is 13.2 Å². The Kier molecular flexibility index (Phi) is 2.64. The fourth-order valence-electron chi connectivity index (χ4n) is 2.97. The number of anilines is 1. The standard InChI is InChI=1S/C17H16BN2O/c1-18-11-14-13-7-3-4-8-15(13)21-16(14)12-20(18)17-9-5-6-10-19(17)2/h3-12H,1-2H3/q+1. The number of para-hydroxylation sites is 1. The van der Waals surface area contributed by atoms with Gasteiger partial charge in [0.2, 0.25) is 0 Å². The van der Waals surface area contributed by atoms with Crippen LogP contribution in [-0.2, 0) is 7.05 Å². The molecular formula is C17H16BN2O+. The van der Waals surface area contributed by atoms with E-state index in [1.54, 1.807) is 0 Å². The SMILES string of the molecule is CB1C=c2c(oc3ccccc23)=CN1c1cccc[n+]1C. The Morgan fingerprint density at radius 2 is 1.90 bits per heavy atom. The van der Waals surface area contributed by atoms with Crippen molar-refractivity contribution in [3.63, 3.8) is 0 Å². The maximum Gasteiger partial charge on any atom is 0.402 e. The van der Waals surface area contributed by atoms with Gasteiger partial charge >= 0.3 is 6.85 Å². The molecule has 3 aromatic rings. The molecule has 1 aliphatic heterocycles. The van der Waals surface area contributed by atoms with E-state index in [0.29, 0.717) is 0 Å². The van der Waals surface area contributed by atoms with E-state index in [9.17, 15) is 0 Å². The summed E-state index contributed by atoms with van der Waals surface area (Å²) in [6.45, 7) is 2.49. The largest absolute Gasteiger partial charge is 0.452 e. The first-order valence-corrected chi connectivity index (χ1v) is 7.18. The van der Waals surface area contributed by atoms with Crippen LogP contribution in [-0.4, -0.2) is 6.85 Å². The fourth-order valence-corrected chi connectivity index (χ4v) is 2.97. The molecule has 0 unspecified atom stereocenters. The highest BCUT2D eigenvalue weighted by Gasteiger charge is 2.28. The first-order chi connectivity index (χ1) is 10.2. The Balaban J connectivity index is 1.97. The van der Waals surface area contributed by atoms with E-state index in [0.717, 1.165) is 16.8 Å². The van der Waals surface area contributed by atoms with Crippen LogP contribution >= 0.6 is 0 Å². The van der Waals surface area contributed by atoms with E-state index in [2.05, 4.69) is 65.9 Å². The van der Waals surface area contributed by atoms with Crippen molar-refractivity contribution in [1.82, 2.24) is 0 Å². The van der Waals surface area contributed by atoms with Gasteiger partial charge in [-0.3, -0.25) is 4.81 Å². The first kappa shape index (κ1) is 12.3. The molecule has 0 radical (unpaired) electrons. The summed E-state index contributed by atoms with van der Waals surface area (Å²) in [5.74, 6) is 3.42. The molecule has 0 bridgehead atoms. The minimum absolute atomic E-state index is 0.284. The van der Waals surface area contributed by atoms with Crippen LogP contribution in [0.4, 0.5) is 5.82 Å². The zero-order valence-corrected chi connectivity index (χ0v) is 12.2. The molecule has 0 saturated carbocycles. The summed E-state index contributed by atoms with van der Waals surface area (Å²) in [6.07, 6.45) is 4.17. The van der Waals surface area contributed by atoms with Gasteiger partial charge in [-0.15, -0.1) is 0 Å². The molecule has 102 valence electrons. The second kappa shape index (κ2) is 4.52. The zero-order valence-electron chi connectivity index (χ0n) is 12.2. The van der Waals surface area contributed by atoms with Crippen molar-refractivity contribution >= 4 is 35.8 Å². The Labute approximate surface area is 123 Å². The molecule has 1 aromatic carbocycles. The number of hydrogen-bond donors (Lipinski definition) is 0. The third-order valence-corrected chi connectivity index (χ3v) is 4.06. The molecule has 21 heavy (non-hydrogen) atoms. The lowest BCUT2D eigenvalue weighted by molar-refractivity contribution is -0.658. The summed E-state index contributed by atoms with van der Waals surface area (Å²) in [5.41, 5.74) is 1.87. The fraction of sp³-hybridized carbons (Fsp3) is 0.118. The van der Waals surface area contributed by atoms with Gasteiger partial charge in [-0.05, 0) is 19.0 Å². The Morgan fingerprint density at radius 1 is 1.10 bits per heavy atom. The number of aromatic nitrogens is 1. The van der Waals surface area contributed by atoms with Gasteiger partial charge in [-0.2, -0.15) is 0 Å². The van der Waals surface area contributed by atoms with Crippen LogP contribution < -0.4 is 20.0 Å². The summed E-state index contributed by atoms with van der Waals surface area (Å²) in [6, 6.07) is 14.4. The molecule has 4 heteroatoms. The summed E-state index contributed by atoms with van der Waals surface area (Å²) < 4.78 is 8.11. The smallest absolute Gasteiger partial charge is 0.402 e. The van der Waals surface area contributed by atoms with E-state index < -0.39 is 0 Å². The number of hydrogen-bond acceptors (Lipinski definition) is 2. The summed E-state index contributed by atoms with van der Waals surface area (Å²) in [7, 11) is 2.06. The average Bonchev–Trinajstić information content (AvgIpc) is 2.85. The molecule has 0 fully saturated rings. The first-order valence-electron chi connectivity index (χ1n) is 7.18. The Bertz CT molecular complexity index is 945. The third kappa shape index (κ3) is 1.87. The molecule has 4 rings (SSSR count). The highest BCUT2D eigenvalue weighted by Crippen LogP contribution is 2.14. The van der Waals surface area contributed by atoms with Gasteiger partial charge in [0.25, 0.3) is 5.82 Å². The van der Waals surface area contributed by atoms with E-state index in [4.69, 9.17) is 4.42 Å². The molecule has 3 heterocycles. The lowest BCUT2D eigenvalue weighted by atomic mass is 9.61. The second-order valence-electron chi connectivity index (χ2n) is 5.49. The van der Waals surface area contributed by atoms with Crippen molar-refractivity contribution in [2.75, 3.05) is 4.81 Å². The minimum atomic E-state index is 0.284. The van der Waals surface area contributed by atoms with Crippen molar-refractivity contribution in [2.24, 2.45) is 7.05 Å². The third-order valence-electron chi connectivity index (χ3n) is 4.06. The van der Waals surface area contributed by atoms with Crippen LogP contribution in [0.5, 0.6) is 0 Å². The second-order valence-corrected chi connectivity index (χ2v) is 5.49. The number of benzene rings is 1. The van der Waals surface area contributed by atoms with Crippen LogP contribution in [0, 0.1) is 0 Å². The van der Waals surface area contributed by atoms with Gasteiger partial charge in [0.15, 0.2) is 5.42 Å². The Morgan fingerprint density at radius 3 is 2.76 bits per heavy atom. The normalized spacial score (nSPS) is 13.8. The van der Waals surface area contributed by atoms with Crippen molar-refractivity contribution in [3.05, 3.63) is 59.3 Å². The van der Waals surface area contributed by atoms with Crippen LogP contribution in [0.1, 0.15) is 0 Å². The highest BCUT2D eigenvalue weighted by molar-refractivity contribution is 6.77. The molecule has 0 saturated heterocycles. The maximum atomic E-state index is 5.99. The van der Waals surface area contributed by atoms with Crippen LogP contribution in [0.3, 0.4) is 0 Å². The van der Waals surface area contributed by atoms with E-state index in [1.807, 2.05) is 18.2 Å². The van der Waals surface area contributed by atoms with E-state index in [-0.39, 0.29) is 6.85 Å². The van der Waals surface area contributed by atoms with Gasteiger partial charge in [-0.1, -0.05) is 30.2 Å². The van der Waals surface area contributed by atoms with Gasteiger partial charge in [0.1, 0.15) is 11.8 Å². The maximum absolute atomic E-state index is 5.99. The van der Waals surface area contributed by atoms with Crippen LogP contribution in [0.25, 0.3) is 23.1 Å². The van der Waals surface area contributed by atoms with Gasteiger partial charge in [-0.25, -0.2) is 4.57 Å². The quantitative estimate of drug-likeness (QED) is 0.495. The molecule has 2 aromatic heterocycles. The molecule has 0 aliphatic carbocycles. The average molecular weight is 275 g/mol. The number of pyridine rings is 1. The molecule has 0 spiro atoms. The van der Waals surface area contributed by atoms with Crippen molar-refractivity contribution in [3.8, 4) is 0 Å². The van der Waals surface area contributed by atoms with Crippen LogP contribution in [0.2, 0.25) is 6.82 Å². The number of rotatable bonds is 1. The summed E-state index contributed by atoms with van der Waals surface area (Å²) >= 11 is 0. The summed E-state index contributed by atoms with van der Waals surface area (Å²) in [4.78, 5) is 2.24. The minimum Gasteiger partial charge on any atom is -0.452 e. The molecular weight excluding hydrogens is 259 g/mol. The number of fused-ring (bicyclic) bond motifs is 3. The van der Waals surface area contributed by atoms with E-state index in [1.165, 1.54) is 10.6 Å². The summed E-state index contributed by atoms with van der Waals surface area (Å²) in [5, 5.41) is 2.39. The number of aryl methyl sites for hydroxylation is 1. The van der Waals surface area contributed by atoms with Gasteiger partial charge in [0, 0.05) is 16.7 Å². The zero-order chi connectivity index (χ0) is 14.4. The number of furan rings is 1. The van der Waals surface area contributed by atoms with Crippen molar-refractivity contribution in [1.29, 1.82) is 0 Å². The highest BCUT2D eigenvalue weighted by atomic mass is 16.3. The number of nitrogens with zero attached hydrogens (tertiary/aromatic N) is 2. The molecule has 3 nitrogen and oxygen atoms in total. The lowest BCUT2D eigenvalue weighted by Gasteiger charge is -2.18. The Hall–Kier alpha value is -2.49. The lowest BCUT2D eigenvalue weighted by Crippen LogP contribution is -2.47. The predicted octanol–water partition coefficient (Wildman–Crippen LogP) is 1.46. The molecule has 0 amide bonds. The molecule has 1 aliphatic rings. The molecule has 0 N–H and O–H groups in total. The topological polar surface area (TPSA) is 20.3 Å². The predicted molar refractivity (Wildman–Crippen MR) is 86.1 cm³/mol. The van der Waals surface area contributed by atoms with Crippen molar-refractivity contribution < 1.29 is 8.98 Å². The van der Waals surface area contributed by atoms with Crippen molar-refractivity contribution in [2.45, 2.75) is 6.82 Å². The van der Waals surface area contributed by atoms with E-state index >= 15 is 0 Å². The molecule has 0 atom stereocenters. The monoisotopic (exact) mass is 275 g/mol.